The molecule has 0 aromatic heterocycles. The number of halogens is 2. The van der Waals surface area contributed by atoms with Gasteiger partial charge < -0.3 is 9.84 Å². The molecule has 0 amide bonds. The molecule has 1 atom stereocenters. The van der Waals surface area contributed by atoms with Gasteiger partial charge in [0.25, 0.3) is 0 Å². The van der Waals surface area contributed by atoms with Crippen molar-refractivity contribution in [2.75, 3.05) is 6.61 Å². The molecule has 0 spiro atoms. The number of hydrogen-bond acceptors (Lipinski definition) is 2. The first-order valence-corrected chi connectivity index (χ1v) is 4.74. The van der Waals surface area contributed by atoms with Gasteiger partial charge in [-0.1, -0.05) is 23.2 Å². The Morgan fingerprint density at radius 2 is 2.00 bits per heavy atom. The first-order chi connectivity index (χ1) is 6.20. The largest absolute Gasteiger partial charge is 0.491 e. The van der Waals surface area contributed by atoms with E-state index in [1.807, 2.05) is 0 Å². The third-order valence-electron chi connectivity index (χ3n) is 2.07. The maximum Gasteiger partial charge on any atom is 0.145 e. The Balaban J connectivity index is 2.60. The topological polar surface area (TPSA) is 29.5 Å². The lowest BCUT2D eigenvalue weighted by atomic mass is 10.0. The lowest BCUT2D eigenvalue weighted by molar-refractivity contribution is 0.115. The Morgan fingerprint density at radius 3 is 2.69 bits per heavy atom. The van der Waals surface area contributed by atoms with Gasteiger partial charge in [-0.05, 0) is 12.1 Å². The third kappa shape index (κ3) is 1.50. The first kappa shape index (κ1) is 9.13. The molecule has 2 rings (SSSR count). The highest BCUT2D eigenvalue weighted by atomic mass is 35.5. The van der Waals surface area contributed by atoms with Crippen LogP contribution in [0.4, 0.5) is 0 Å². The fourth-order valence-electron chi connectivity index (χ4n) is 1.42. The molecule has 1 aromatic carbocycles. The normalized spacial score (nSPS) is 20.7. The highest BCUT2D eigenvalue weighted by Crippen LogP contribution is 2.41. The van der Waals surface area contributed by atoms with E-state index in [1.165, 1.54) is 0 Å². The van der Waals surface area contributed by atoms with Crippen LogP contribution in [-0.2, 0) is 0 Å². The van der Waals surface area contributed by atoms with Crippen LogP contribution in [0.2, 0.25) is 10.0 Å². The second kappa shape index (κ2) is 3.37. The molecule has 0 saturated heterocycles. The molecule has 13 heavy (non-hydrogen) atoms. The molecule has 70 valence electrons. The van der Waals surface area contributed by atoms with Crippen molar-refractivity contribution in [1.82, 2.24) is 0 Å². The number of benzene rings is 1. The number of aliphatic hydroxyl groups is 1. The summed E-state index contributed by atoms with van der Waals surface area (Å²) < 4.78 is 5.33. The van der Waals surface area contributed by atoms with Crippen molar-refractivity contribution in [3.63, 3.8) is 0 Å². The van der Waals surface area contributed by atoms with E-state index < -0.39 is 6.10 Å². The Hall–Kier alpha value is -0.440. The van der Waals surface area contributed by atoms with Crippen molar-refractivity contribution in [2.45, 2.75) is 12.5 Å². The second-order valence-electron chi connectivity index (χ2n) is 2.92. The molecule has 0 bridgehead atoms. The van der Waals surface area contributed by atoms with Crippen molar-refractivity contribution >= 4 is 23.2 Å². The molecule has 4 heteroatoms. The molecule has 1 heterocycles. The van der Waals surface area contributed by atoms with Gasteiger partial charge in [-0.3, -0.25) is 0 Å². The van der Waals surface area contributed by atoms with E-state index in [0.29, 0.717) is 34.4 Å². The summed E-state index contributed by atoms with van der Waals surface area (Å²) in [6.07, 6.45) is 0.00233. The molecule has 1 aliphatic heterocycles. The predicted octanol–water partition coefficient (Wildman–Crippen LogP) is 2.81. The lowest BCUT2D eigenvalue weighted by Gasteiger charge is -2.23. The van der Waals surface area contributed by atoms with Crippen LogP contribution in [-0.4, -0.2) is 11.7 Å². The zero-order chi connectivity index (χ0) is 9.42. The van der Waals surface area contributed by atoms with E-state index in [2.05, 4.69) is 0 Å². The van der Waals surface area contributed by atoms with Gasteiger partial charge >= 0.3 is 0 Å². The van der Waals surface area contributed by atoms with Gasteiger partial charge in [0, 0.05) is 12.0 Å². The molecule has 0 fully saturated rings. The van der Waals surface area contributed by atoms with Gasteiger partial charge in [-0.25, -0.2) is 0 Å². The number of ether oxygens (including phenoxy) is 1. The second-order valence-corrected chi connectivity index (χ2v) is 3.74. The summed E-state index contributed by atoms with van der Waals surface area (Å²) in [6.45, 7) is 0.480. The van der Waals surface area contributed by atoms with Crippen LogP contribution in [0.5, 0.6) is 5.75 Å². The fraction of sp³-hybridized carbons (Fsp3) is 0.333. The minimum atomic E-state index is -0.560. The van der Waals surface area contributed by atoms with Crippen molar-refractivity contribution in [3.8, 4) is 5.75 Å². The van der Waals surface area contributed by atoms with Gasteiger partial charge in [-0.15, -0.1) is 0 Å². The minimum absolute atomic E-state index is 0.480. The molecule has 2 nitrogen and oxygen atoms in total. The van der Waals surface area contributed by atoms with Crippen LogP contribution in [0.15, 0.2) is 12.1 Å². The average Bonchev–Trinajstić information content (AvgIpc) is 2.12. The summed E-state index contributed by atoms with van der Waals surface area (Å²) in [5, 5.41) is 10.6. The highest BCUT2D eigenvalue weighted by Gasteiger charge is 2.24. The average molecular weight is 219 g/mol. The van der Waals surface area contributed by atoms with Crippen LogP contribution in [0.1, 0.15) is 18.1 Å². The molecular formula is C9H8Cl2O2. The Morgan fingerprint density at radius 1 is 1.31 bits per heavy atom. The van der Waals surface area contributed by atoms with E-state index >= 15 is 0 Å². The van der Waals surface area contributed by atoms with E-state index in [-0.39, 0.29) is 0 Å². The molecule has 1 N–H and O–H groups in total. The Bertz CT molecular complexity index is 339. The van der Waals surface area contributed by atoms with Crippen molar-refractivity contribution in [3.05, 3.63) is 27.7 Å². The molecular weight excluding hydrogens is 211 g/mol. The predicted molar refractivity (Wildman–Crippen MR) is 51.5 cm³/mol. The fourth-order valence-corrected chi connectivity index (χ4v) is 1.92. The molecule has 0 saturated carbocycles. The van der Waals surface area contributed by atoms with Crippen molar-refractivity contribution in [1.29, 1.82) is 0 Å². The van der Waals surface area contributed by atoms with Crippen LogP contribution in [0.25, 0.3) is 0 Å². The SMILES string of the molecule is OC1CCOc2c(Cl)ccc(Cl)c21. The number of aliphatic hydroxyl groups excluding tert-OH is 1. The number of fused-ring (bicyclic) bond motifs is 1. The van der Waals surface area contributed by atoms with Gasteiger partial charge in [0.05, 0.1) is 22.8 Å². The highest BCUT2D eigenvalue weighted by molar-refractivity contribution is 6.35. The van der Waals surface area contributed by atoms with Crippen molar-refractivity contribution in [2.24, 2.45) is 0 Å². The lowest BCUT2D eigenvalue weighted by Crippen LogP contribution is -2.14. The molecule has 1 unspecified atom stereocenters. The van der Waals surface area contributed by atoms with Gasteiger partial charge in [0.1, 0.15) is 5.75 Å². The molecule has 1 aliphatic rings. The van der Waals surface area contributed by atoms with Crippen LogP contribution in [0, 0.1) is 0 Å². The third-order valence-corrected chi connectivity index (χ3v) is 2.69. The summed E-state index contributed by atoms with van der Waals surface area (Å²) in [7, 11) is 0. The quantitative estimate of drug-likeness (QED) is 0.726. The van der Waals surface area contributed by atoms with Gasteiger partial charge in [-0.2, -0.15) is 0 Å². The maximum absolute atomic E-state index is 9.64. The zero-order valence-corrected chi connectivity index (χ0v) is 8.27. The summed E-state index contributed by atoms with van der Waals surface area (Å²) in [5.74, 6) is 0.521. The Labute approximate surface area is 86.0 Å². The van der Waals surface area contributed by atoms with E-state index in [1.54, 1.807) is 12.1 Å². The molecule has 1 aromatic rings. The monoisotopic (exact) mass is 218 g/mol. The van der Waals surface area contributed by atoms with Crippen molar-refractivity contribution < 1.29 is 9.84 Å². The standard InChI is InChI=1S/C9H8Cl2O2/c10-5-1-2-6(11)9-8(5)7(12)3-4-13-9/h1-2,7,12H,3-4H2. The molecule has 0 radical (unpaired) electrons. The summed E-state index contributed by atoms with van der Waals surface area (Å²) in [6, 6.07) is 3.33. The minimum Gasteiger partial charge on any atom is -0.491 e. The smallest absolute Gasteiger partial charge is 0.145 e. The first-order valence-electron chi connectivity index (χ1n) is 3.99. The zero-order valence-electron chi connectivity index (χ0n) is 6.76. The van der Waals surface area contributed by atoms with E-state index in [4.69, 9.17) is 27.9 Å². The summed E-state index contributed by atoms with van der Waals surface area (Å²) >= 11 is 11.8. The number of rotatable bonds is 0. The number of hydrogen-bond donors (Lipinski definition) is 1. The summed E-state index contributed by atoms with van der Waals surface area (Å²) in [5.41, 5.74) is 0.611. The molecule has 0 aliphatic carbocycles. The van der Waals surface area contributed by atoms with Gasteiger partial charge in [0.2, 0.25) is 0 Å². The summed E-state index contributed by atoms with van der Waals surface area (Å²) in [4.78, 5) is 0. The van der Waals surface area contributed by atoms with Crippen LogP contribution < -0.4 is 4.74 Å². The van der Waals surface area contributed by atoms with Crippen LogP contribution in [0.3, 0.4) is 0 Å². The van der Waals surface area contributed by atoms with E-state index in [9.17, 15) is 5.11 Å². The van der Waals surface area contributed by atoms with E-state index in [0.717, 1.165) is 0 Å². The Kier molecular flexibility index (Phi) is 2.37. The van der Waals surface area contributed by atoms with Gasteiger partial charge in [0.15, 0.2) is 0 Å². The van der Waals surface area contributed by atoms with Crippen LogP contribution >= 0.6 is 23.2 Å². The maximum atomic E-state index is 9.64.